The van der Waals surface area contributed by atoms with Crippen molar-refractivity contribution < 1.29 is 0 Å². The SMILES string of the molecule is Cc1ccccc1N(c1ccc2c(c1)N(c1ccc(C(C)(C)C)c3c1C(C)(C)c1ccccc1-3)c1cc(C(C)(C)C)cc3c1B2c1cc2c(cc1N3c1ccc3c(c1)C(C)(C)CCC3(C)C)C(C)(C)CCC2(C)C)c1ccccc1C. The van der Waals surface area contributed by atoms with Crippen LogP contribution in [0.3, 0.4) is 0 Å². The van der Waals surface area contributed by atoms with Crippen molar-refractivity contribution in [3.63, 3.8) is 0 Å². The Hall–Kier alpha value is -6.78. The molecule has 0 amide bonds. The maximum absolute atomic E-state index is 2.77. The van der Waals surface area contributed by atoms with Crippen molar-refractivity contribution in [2.45, 2.75) is 188 Å². The van der Waals surface area contributed by atoms with Crippen LogP contribution in [0.5, 0.6) is 0 Å². The maximum atomic E-state index is 2.77. The molecular weight excluding hydrogens is 978 g/mol. The van der Waals surface area contributed by atoms with Gasteiger partial charge in [0, 0.05) is 50.9 Å². The van der Waals surface area contributed by atoms with Crippen molar-refractivity contribution in [1.82, 2.24) is 0 Å². The monoisotopic (exact) mass is 1060 g/mol. The minimum absolute atomic E-state index is 0.0102. The van der Waals surface area contributed by atoms with Gasteiger partial charge in [0.2, 0.25) is 0 Å². The number of hydrogen-bond acceptors (Lipinski definition) is 3. The van der Waals surface area contributed by atoms with Gasteiger partial charge in [-0.05, 0) is 216 Å². The molecule has 2 heterocycles. The van der Waals surface area contributed by atoms with Gasteiger partial charge >= 0.3 is 0 Å². The number of para-hydroxylation sites is 2. The smallest absolute Gasteiger partial charge is 0.252 e. The molecule has 5 aliphatic rings. The molecule has 0 unspecified atom stereocenters. The Kier molecular flexibility index (Phi) is 11.6. The fourth-order valence-electron chi connectivity index (χ4n) is 15.6. The minimum Gasteiger partial charge on any atom is -0.311 e. The molecule has 8 aromatic carbocycles. The summed E-state index contributed by atoms with van der Waals surface area (Å²) >= 11 is 0. The minimum atomic E-state index is -0.299. The van der Waals surface area contributed by atoms with Crippen LogP contribution in [0.2, 0.25) is 0 Å². The zero-order chi connectivity index (χ0) is 57.5. The molecule has 0 saturated heterocycles. The summed E-state index contributed by atoms with van der Waals surface area (Å²) in [5.41, 5.74) is 31.6. The fraction of sp³-hybridized carbons (Fsp3) is 0.377. The molecule has 3 nitrogen and oxygen atoms in total. The molecule has 2 aliphatic heterocycles. The summed E-state index contributed by atoms with van der Waals surface area (Å²) < 4.78 is 0. The van der Waals surface area contributed by atoms with Crippen LogP contribution >= 0.6 is 0 Å². The lowest BCUT2D eigenvalue weighted by Gasteiger charge is -2.49. The summed E-state index contributed by atoms with van der Waals surface area (Å²) in [4.78, 5) is 8.04. The van der Waals surface area contributed by atoms with Crippen molar-refractivity contribution in [3.8, 4) is 11.1 Å². The lowest BCUT2D eigenvalue weighted by atomic mass is 9.33. The maximum Gasteiger partial charge on any atom is 0.252 e. The number of fused-ring (bicyclic) bond motifs is 9. The first-order valence-electron chi connectivity index (χ1n) is 30.5. The van der Waals surface area contributed by atoms with Gasteiger partial charge in [-0.1, -0.05) is 196 Å². The molecule has 0 spiro atoms. The molecule has 3 aliphatic carbocycles. The Morgan fingerprint density at radius 3 is 1.56 bits per heavy atom. The summed E-state index contributed by atoms with van der Waals surface area (Å²) in [5, 5.41) is 0. The Morgan fingerprint density at radius 2 is 0.963 bits per heavy atom. The topological polar surface area (TPSA) is 9.72 Å². The molecule has 0 radical (unpaired) electrons. The first-order chi connectivity index (χ1) is 38.0. The number of rotatable bonds is 5. The highest BCUT2D eigenvalue weighted by Crippen LogP contribution is 2.59. The molecule has 81 heavy (non-hydrogen) atoms. The van der Waals surface area contributed by atoms with E-state index in [2.05, 4.69) is 285 Å². The molecule has 0 atom stereocenters. The van der Waals surface area contributed by atoms with E-state index in [-0.39, 0.29) is 44.6 Å². The predicted octanol–water partition coefficient (Wildman–Crippen LogP) is 19.5. The van der Waals surface area contributed by atoms with Crippen LogP contribution in [-0.4, -0.2) is 6.71 Å². The largest absolute Gasteiger partial charge is 0.311 e. The van der Waals surface area contributed by atoms with Crippen LogP contribution < -0.4 is 31.1 Å². The van der Waals surface area contributed by atoms with E-state index < -0.39 is 0 Å². The summed E-state index contributed by atoms with van der Waals surface area (Å²) in [7, 11) is 0. The molecule has 4 heteroatoms. The van der Waals surface area contributed by atoms with Gasteiger partial charge < -0.3 is 14.7 Å². The number of benzene rings is 8. The van der Waals surface area contributed by atoms with Gasteiger partial charge in [0.1, 0.15) is 0 Å². The van der Waals surface area contributed by atoms with E-state index in [0.717, 1.165) is 24.9 Å². The lowest BCUT2D eigenvalue weighted by molar-refractivity contribution is 0.332. The first kappa shape index (κ1) is 53.5. The lowest BCUT2D eigenvalue weighted by Crippen LogP contribution is -2.62. The standard InChI is InChI=1S/C77H86BN3/c1-47-25-19-23-29-61(47)79(62-30-24-20-26-48(62)2)51-32-35-59-64(44-51)81(63-36-34-55(72(6,7)8)68-52-27-21-22-28-53(52)77(17,18)69(63)68)67-42-49(71(3,4)5)41-66-70(67)78(59)60-45-57-58(76(15,16)40-39-75(57,13)14)46-65(60)80(66)50-31-33-54-56(43-50)74(11,12)38-37-73(54,9)10/h19-36,41-46H,37-40H2,1-18H3. The molecule has 0 saturated carbocycles. The van der Waals surface area contributed by atoms with Crippen LogP contribution in [-0.2, 0) is 37.9 Å². The van der Waals surface area contributed by atoms with Gasteiger partial charge in [0.05, 0.1) is 5.69 Å². The van der Waals surface area contributed by atoms with Gasteiger partial charge in [-0.3, -0.25) is 0 Å². The molecule has 0 N–H and O–H groups in total. The average Bonchev–Trinajstić information content (AvgIpc) is 2.15. The van der Waals surface area contributed by atoms with E-state index in [9.17, 15) is 0 Å². The van der Waals surface area contributed by atoms with Crippen molar-refractivity contribution >= 4 is 74.3 Å². The van der Waals surface area contributed by atoms with Gasteiger partial charge in [0.15, 0.2) is 0 Å². The highest BCUT2D eigenvalue weighted by atomic mass is 15.2. The molecule has 13 rings (SSSR count). The van der Waals surface area contributed by atoms with E-state index in [4.69, 9.17) is 0 Å². The summed E-state index contributed by atoms with van der Waals surface area (Å²) in [6, 6.07) is 58.0. The number of nitrogens with zero attached hydrogens (tertiary/aromatic N) is 3. The van der Waals surface area contributed by atoms with Gasteiger partial charge in [0.25, 0.3) is 6.71 Å². The number of anilines is 9. The summed E-state index contributed by atoms with van der Waals surface area (Å²) in [5.74, 6) is 0. The van der Waals surface area contributed by atoms with Crippen LogP contribution in [0.1, 0.15) is 192 Å². The summed E-state index contributed by atoms with van der Waals surface area (Å²) in [6.45, 7) is 43.8. The molecular formula is C77H86BN3. The number of aryl methyl sites for hydroxylation is 2. The summed E-state index contributed by atoms with van der Waals surface area (Å²) in [6.07, 6.45) is 4.66. The van der Waals surface area contributed by atoms with Gasteiger partial charge in [-0.2, -0.15) is 0 Å². The fourth-order valence-corrected chi connectivity index (χ4v) is 15.6. The second kappa shape index (κ2) is 17.6. The van der Waals surface area contributed by atoms with E-state index >= 15 is 0 Å². The second-order valence-corrected chi connectivity index (χ2v) is 30.5. The van der Waals surface area contributed by atoms with Crippen molar-refractivity contribution in [1.29, 1.82) is 0 Å². The van der Waals surface area contributed by atoms with Crippen molar-refractivity contribution in [3.05, 3.63) is 201 Å². The van der Waals surface area contributed by atoms with Gasteiger partial charge in [-0.15, -0.1) is 0 Å². The molecule has 412 valence electrons. The third kappa shape index (κ3) is 8.02. The molecule has 0 bridgehead atoms. The Bertz CT molecular complexity index is 3890. The second-order valence-electron chi connectivity index (χ2n) is 30.5. The van der Waals surface area contributed by atoms with Crippen LogP contribution in [0.25, 0.3) is 11.1 Å². The van der Waals surface area contributed by atoms with Crippen LogP contribution in [0.4, 0.5) is 51.2 Å². The quantitative estimate of drug-likeness (QED) is 0.159. The van der Waals surface area contributed by atoms with Crippen molar-refractivity contribution in [2.75, 3.05) is 14.7 Å². The van der Waals surface area contributed by atoms with E-state index in [1.165, 1.54) is 135 Å². The highest BCUT2D eigenvalue weighted by Gasteiger charge is 2.50. The highest BCUT2D eigenvalue weighted by molar-refractivity contribution is 7.00. The average molecular weight is 1060 g/mol. The Morgan fingerprint density at radius 1 is 0.432 bits per heavy atom. The molecule has 8 aromatic rings. The predicted molar refractivity (Wildman–Crippen MR) is 350 cm³/mol. The zero-order valence-electron chi connectivity index (χ0n) is 52.1. The number of hydrogen-bond donors (Lipinski definition) is 0. The van der Waals surface area contributed by atoms with E-state index in [1.807, 2.05) is 0 Å². The third-order valence-corrected chi connectivity index (χ3v) is 20.7. The van der Waals surface area contributed by atoms with E-state index in [0.29, 0.717) is 0 Å². The zero-order valence-corrected chi connectivity index (χ0v) is 52.1. The van der Waals surface area contributed by atoms with Crippen LogP contribution in [0, 0.1) is 13.8 Å². The normalized spacial score (nSPS) is 18.2. The molecule has 0 aromatic heterocycles. The van der Waals surface area contributed by atoms with E-state index in [1.54, 1.807) is 0 Å². The molecule has 0 fully saturated rings. The third-order valence-electron chi connectivity index (χ3n) is 20.7. The first-order valence-corrected chi connectivity index (χ1v) is 30.5. The Labute approximate surface area is 486 Å². The van der Waals surface area contributed by atoms with Crippen molar-refractivity contribution in [2.24, 2.45) is 0 Å². The van der Waals surface area contributed by atoms with Gasteiger partial charge in [-0.25, -0.2) is 0 Å². The van der Waals surface area contributed by atoms with Crippen LogP contribution in [0.15, 0.2) is 146 Å². The Balaban J connectivity index is 1.20.